The molecule has 0 spiro atoms. The van der Waals surface area contributed by atoms with Gasteiger partial charge in [-0.25, -0.2) is 0 Å². The van der Waals surface area contributed by atoms with Gasteiger partial charge in [0, 0.05) is 17.1 Å². The quantitative estimate of drug-likeness (QED) is 0.425. The fraction of sp³-hybridized carbons (Fsp3) is 0.263. The Kier molecular flexibility index (Phi) is 8.05. The van der Waals surface area contributed by atoms with Crippen LogP contribution in [0.1, 0.15) is 24.4 Å². The number of carboxylic acids is 2. The third kappa shape index (κ3) is 6.09. The minimum absolute atomic E-state index is 0.257. The lowest BCUT2D eigenvalue weighted by molar-refractivity contribution is -0.143. The maximum absolute atomic E-state index is 12.3. The molecule has 0 aliphatic rings. The number of rotatable bonds is 10. The first-order valence-corrected chi connectivity index (χ1v) is 10.3. The van der Waals surface area contributed by atoms with Crippen LogP contribution in [0.2, 0.25) is 5.02 Å². The summed E-state index contributed by atoms with van der Waals surface area (Å²) in [4.78, 5) is 32.8. The van der Waals surface area contributed by atoms with Gasteiger partial charge in [-0.3, -0.25) is 14.2 Å². The second kappa shape index (κ2) is 10.3. The highest BCUT2D eigenvalue weighted by Gasteiger charge is 2.39. The van der Waals surface area contributed by atoms with Gasteiger partial charge in [0.1, 0.15) is 0 Å². The highest BCUT2D eigenvalue weighted by molar-refractivity contribution is 7.39. The minimum atomic E-state index is -3.36. The molecule has 0 saturated heterocycles. The van der Waals surface area contributed by atoms with Crippen LogP contribution in [-0.4, -0.2) is 32.7 Å². The van der Waals surface area contributed by atoms with Crippen LogP contribution in [0.3, 0.4) is 0 Å². The number of hydrogen-bond acceptors (Lipinski definition) is 4. The Morgan fingerprint density at radius 2 is 1.75 bits per heavy atom. The molecule has 7 nitrogen and oxygen atoms in total. The number of benzene rings is 2. The molecule has 4 atom stereocenters. The molecular weight excluding hydrogens is 405 g/mol. The van der Waals surface area contributed by atoms with Gasteiger partial charge in [-0.15, -0.1) is 0 Å². The first kappa shape index (κ1) is 22.0. The van der Waals surface area contributed by atoms with Gasteiger partial charge in [-0.05, 0) is 30.2 Å². The Morgan fingerprint density at radius 1 is 1.07 bits per heavy atom. The van der Waals surface area contributed by atoms with Crippen molar-refractivity contribution in [2.24, 2.45) is 5.92 Å². The van der Waals surface area contributed by atoms with Crippen molar-refractivity contribution in [1.29, 1.82) is 0 Å². The normalized spacial score (nSPS) is 15.2. The SMILES string of the molecule is O=C(O)CCC(C(=O)O)C(C(Nc1cccc(Cl)c1)c1ccccc1)[PH](=O)O. The summed E-state index contributed by atoms with van der Waals surface area (Å²) in [5, 5.41) is 22.1. The van der Waals surface area contributed by atoms with Gasteiger partial charge >= 0.3 is 11.9 Å². The molecule has 4 unspecified atom stereocenters. The van der Waals surface area contributed by atoms with E-state index in [2.05, 4.69) is 5.32 Å². The van der Waals surface area contributed by atoms with E-state index in [-0.39, 0.29) is 6.42 Å². The van der Waals surface area contributed by atoms with Crippen molar-refractivity contribution in [2.75, 3.05) is 5.32 Å². The van der Waals surface area contributed by atoms with Gasteiger partial charge in [-0.1, -0.05) is 48.0 Å². The predicted molar refractivity (Wildman–Crippen MR) is 107 cm³/mol. The molecule has 0 aliphatic heterocycles. The van der Waals surface area contributed by atoms with E-state index in [0.29, 0.717) is 16.3 Å². The van der Waals surface area contributed by atoms with Crippen LogP contribution in [0.15, 0.2) is 54.6 Å². The molecule has 28 heavy (non-hydrogen) atoms. The van der Waals surface area contributed by atoms with E-state index in [9.17, 15) is 24.2 Å². The summed E-state index contributed by atoms with van der Waals surface area (Å²) in [5.41, 5.74) is -0.0540. The number of nitrogens with one attached hydrogen (secondary N) is 1. The van der Waals surface area contributed by atoms with Gasteiger partial charge in [0.05, 0.1) is 17.6 Å². The third-order valence-electron chi connectivity index (χ3n) is 4.37. The molecule has 9 heteroatoms. The molecule has 0 heterocycles. The lowest BCUT2D eigenvalue weighted by Crippen LogP contribution is -2.35. The summed E-state index contributed by atoms with van der Waals surface area (Å²) in [6, 6.07) is 14.6. The molecule has 0 bridgehead atoms. The molecule has 4 N–H and O–H groups in total. The maximum atomic E-state index is 12.3. The molecule has 2 aromatic carbocycles. The van der Waals surface area contributed by atoms with Crippen molar-refractivity contribution in [1.82, 2.24) is 0 Å². The Balaban J connectivity index is 2.47. The molecule has 2 rings (SSSR count). The molecule has 0 aliphatic carbocycles. The third-order valence-corrected chi connectivity index (χ3v) is 5.91. The smallest absolute Gasteiger partial charge is 0.307 e. The first-order valence-electron chi connectivity index (χ1n) is 8.54. The predicted octanol–water partition coefficient (Wildman–Crippen LogP) is 3.89. The lowest BCUT2D eigenvalue weighted by Gasteiger charge is -2.31. The zero-order valence-electron chi connectivity index (χ0n) is 14.8. The Morgan fingerprint density at radius 3 is 2.29 bits per heavy atom. The number of halogens is 1. The topological polar surface area (TPSA) is 124 Å². The standard InChI is InChI=1S/C19H21ClNO6P/c20-13-7-4-8-14(11-13)21-17(12-5-2-1-3-6-12)18(28(26)27)15(19(24)25)9-10-16(22)23/h1-8,11,15,17-18,21,28H,9-10H2,(H,22,23)(H,24,25)(H,26,27). The fourth-order valence-electron chi connectivity index (χ4n) is 3.08. The molecule has 0 amide bonds. The Bertz CT molecular complexity index is 847. The molecule has 2 aromatic rings. The van der Waals surface area contributed by atoms with Gasteiger partial charge in [0.15, 0.2) is 8.03 Å². The summed E-state index contributed by atoms with van der Waals surface area (Å²) in [5.74, 6) is -3.79. The number of anilines is 1. The molecule has 0 aromatic heterocycles. The monoisotopic (exact) mass is 425 g/mol. The summed E-state index contributed by atoms with van der Waals surface area (Å²) in [6.45, 7) is 0. The van der Waals surface area contributed by atoms with Crippen molar-refractivity contribution in [3.63, 3.8) is 0 Å². The summed E-state index contributed by atoms with van der Waals surface area (Å²) >= 11 is 6.01. The molecular formula is C19H21ClNO6P. The highest BCUT2D eigenvalue weighted by atomic mass is 35.5. The van der Waals surface area contributed by atoms with E-state index in [0.717, 1.165) is 0 Å². The van der Waals surface area contributed by atoms with Gasteiger partial charge in [-0.2, -0.15) is 0 Å². The molecule has 150 valence electrons. The van der Waals surface area contributed by atoms with Crippen LogP contribution in [0.5, 0.6) is 0 Å². The van der Waals surface area contributed by atoms with Crippen LogP contribution < -0.4 is 5.32 Å². The fourth-order valence-corrected chi connectivity index (χ4v) is 4.49. The highest BCUT2D eigenvalue weighted by Crippen LogP contribution is 2.42. The number of aliphatic carboxylic acids is 2. The van der Waals surface area contributed by atoms with Gasteiger partial charge in [0.25, 0.3) is 0 Å². The van der Waals surface area contributed by atoms with Gasteiger partial charge in [0.2, 0.25) is 0 Å². The van der Waals surface area contributed by atoms with E-state index in [4.69, 9.17) is 16.7 Å². The van der Waals surface area contributed by atoms with E-state index in [1.807, 2.05) is 0 Å². The maximum Gasteiger partial charge on any atom is 0.307 e. The summed E-state index contributed by atoms with van der Waals surface area (Å²) in [6.07, 6.45) is -0.672. The van der Waals surface area contributed by atoms with E-state index >= 15 is 0 Å². The van der Waals surface area contributed by atoms with Crippen LogP contribution in [0.25, 0.3) is 0 Å². The second-order valence-electron chi connectivity index (χ2n) is 6.28. The van der Waals surface area contributed by atoms with Crippen LogP contribution in [0, 0.1) is 5.92 Å². The zero-order valence-corrected chi connectivity index (χ0v) is 16.5. The first-order chi connectivity index (χ1) is 13.3. The van der Waals surface area contributed by atoms with Crippen LogP contribution >= 0.6 is 19.6 Å². The average molecular weight is 426 g/mol. The van der Waals surface area contributed by atoms with Crippen molar-refractivity contribution in [3.05, 3.63) is 65.2 Å². The number of carboxylic acid groups (broad SMARTS) is 2. The minimum Gasteiger partial charge on any atom is -0.481 e. The van der Waals surface area contributed by atoms with Gasteiger partial charge < -0.3 is 20.4 Å². The average Bonchev–Trinajstić information content (AvgIpc) is 2.63. The van der Waals surface area contributed by atoms with Crippen molar-refractivity contribution in [2.45, 2.75) is 24.5 Å². The van der Waals surface area contributed by atoms with E-state index in [1.54, 1.807) is 54.6 Å². The second-order valence-corrected chi connectivity index (χ2v) is 8.06. The summed E-state index contributed by atoms with van der Waals surface area (Å²) < 4.78 is 12.3. The largest absolute Gasteiger partial charge is 0.481 e. The number of hydrogen-bond donors (Lipinski definition) is 4. The van der Waals surface area contributed by atoms with Crippen molar-refractivity contribution >= 4 is 37.3 Å². The molecule has 0 saturated carbocycles. The van der Waals surface area contributed by atoms with Crippen LogP contribution in [0.4, 0.5) is 5.69 Å². The molecule has 0 radical (unpaired) electrons. The summed E-state index contributed by atoms with van der Waals surface area (Å²) in [7, 11) is -3.36. The Hall–Kier alpha value is -2.34. The van der Waals surface area contributed by atoms with E-state index in [1.165, 1.54) is 0 Å². The molecule has 0 fully saturated rings. The van der Waals surface area contributed by atoms with Crippen molar-refractivity contribution in [3.8, 4) is 0 Å². The number of carbonyl (C=O) groups is 2. The zero-order chi connectivity index (χ0) is 20.7. The van der Waals surface area contributed by atoms with Crippen LogP contribution in [-0.2, 0) is 14.2 Å². The van der Waals surface area contributed by atoms with Crippen molar-refractivity contribution < 1.29 is 29.3 Å². The van der Waals surface area contributed by atoms with E-state index < -0.39 is 44.0 Å². The Labute approximate surface area is 167 Å². The lowest BCUT2D eigenvalue weighted by atomic mass is 9.90.